The molecule has 2 aromatic heterocycles. The van der Waals surface area contributed by atoms with Gasteiger partial charge in [0.05, 0.1) is 33.7 Å². The van der Waals surface area contributed by atoms with Crippen LogP contribution in [0, 0.1) is 0 Å². The summed E-state index contributed by atoms with van der Waals surface area (Å²) in [5.41, 5.74) is 10.2. The Bertz CT molecular complexity index is 4020. The molecule has 2 heterocycles. The first-order valence-corrected chi connectivity index (χ1v) is 22.4. The maximum Gasteiger partial charge on any atom is 0.416 e. The van der Waals surface area contributed by atoms with Crippen LogP contribution in [0.25, 0.3) is 126 Å². The highest BCUT2D eigenvalue weighted by Gasteiger charge is 2.30. The van der Waals surface area contributed by atoms with Gasteiger partial charge in [-0.1, -0.05) is 170 Å². The van der Waals surface area contributed by atoms with Gasteiger partial charge < -0.3 is 4.57 Å². The average Bonchev–Trinajstić information content (AvgIpc) is 3.70. The molecule has 0 unspecified atom stereocenters. The second-order valence-electron chi connectivity index (χ2n) is 17.4. The summed E-state index contributed by atoms with van der Waals surface area (Å²) in [5.74, 6) is 0. The molecule has 0 amide bonds. The van der Waals surface area contributed by atoms with Gasteiger partial charge in [0.25, 0.3) is 0 Å². The minimum Gasteiger partial charge on any atom is -0.309 e. The summed E-state index contributed by atoms with van der Waals surface area (Å²) in [4.78, 5) is 5.50. The first-order chi connectivity index (χ1) is 32.8. The lowest BCUT2D eigenvalue weighted by Gasteiger charge is -2.16. The molecule has 2 nitrogen and oxygen atoms in total. The molecule has 0 N–H and O–H groups in total. The Kier molecular flexibility index (Phi) is 8.71. The Labute approximate surface area is 383 Å². The number of nitrogens with zero attached hydrogens (tertiary/aromatic N) is 2. The van der Waals surface area contributed by atoms with Crippen molar-refractivity contribution in [1.29, 1.82) is 0 Å². The predicted octanol–water partition coefficient (Wildman–Crippen LogP) is 17.6. The van der Waals surface area contributed by atoms with Crippen molar-refractivity contribution >= 4 is 75.7 Å². The first-order valence-electron chi connectivity index (χ1n) is 22.4. The second kappa shape index (κ2) is 15.0. The molecule has 0 aliphatic heterocycles. The molecule has 0 fully saturated rings. The number of halogens is 3. The molecule has 0 aliphatic carbocycles. The Morgan fingerprint density at radius 3 is 1.40 bits per heavy atom. The summed E-state index contributed by atoms with van der Waals surface area (Å²) in [6.07, 6.45) is -4.40. The van der Waals surface area contributed by atoms with Crippen LogP contribution in [-0.4, -0.2) is 9.55 Å². The van der Waals surface area contributed by atoms with E-state index in [0.717, 1.165) is 138 Å². The zero-order chi connectivity index (χ0) is 44.8. The van der Waals surface area contributed by atoms with Crippen LogP contribution >= 0.6 is 0 Å². The number of benzene rings is 11. The number of hydrogen-bond donors (Lipinski definition) is 0. The fourth-order valence-electron chi connectivity index (χ4n) is 10.4. The highest BCUT2D eigenvalue weighted by Crippen LogP contribution is 2.44. The van der Waals surface area contributed by atoms with E-state index in [4.69, 9.17) is 4.98 Å². The van der Waals surface area contributed by atoms with E-state index >= 15 is 0 Å². The van der Waals surface area contributed by atoms with Crippen LogP contribution in [0.3, 0.4) is 0 Å². The van der Waals surface area contributed by atoms with Crippen molar-refractivity contribution in [3.8, 4) is 50.5 Å². The summed E-state index contributed by atoms with van der Waals surface area (Å²) in [7, 11) is 0. The number of hydrogen-bond acceptors (Lipinski definition) is 1. The predicted molar refractivity (Wildman–Crippen MR) is 273 cm³/mol. The molecular weight excluding hydrogens is 830 g/mol. The van der Waals surface area contributed by atoms with Crippen molar-refractivity contribution in [1.82, 2.24) is 9.55 Å². The zero-order valence-electron chi connectivity index (χ0n) is 35.9. The third-order valence-electron chi connectivity index (χ3n) is 13.6. The van der Waals surface area contributed by atoms with E-state index in [-0.39, 0.29) is 0 Å². The molecule has 13 rings (SSSR count). The van der Waals surface area contributed by atoms with Gasteiger partial charge in [0.1, 0.15) is 0 Å². The van der Waals surface area contributed by atoms with Crippen molar-refractivity contribution < 1.29 is 13.2 Å². The third kappa shape index (κ3) is 6.38. The molecule has 13 aromatic rings. The zero-order valence-corrected chi connectivity index (χ0v) is 35.9. The van der Waals surface area contributed by atoms with Gasteiger partial charge in [0.15, 0.2) is 0 Å². The lowest BCUT2D eigenvalue weighted by Crippen LogP contribution is -2.03. The third-order valence-corrected chi connectivity index (χ3v) is 13.6. The maximum atomic E-state index is 13.6. The summed E-state index contributed by atoms with van der Waals surface area (Å²) in [6, 6.07) is 76.5. The number of alkyl halides is 3. The number of rotatable bonds is 5. The summed E-state index contributed by atoms with van der Waals surface area (Å²) in [5, 5.41) is 13.3. The van der Waals surface area contributed by atoms with E-state index in [0.29, 0.717) is 0 Å². The molecular formula is C62H37F3N2. The average molecular weight is 867 g/mol. The Morgan fingerprint density at radius 1 is 0.313 bits per heavy atom. The van der Waals surface area contributed by atoms with Gasteiger partial charge in [0, 0.05) is 21.9 Å². The van der Waals surface area contributed by atoms with Gasteiger partial charge in [-0.15, -0.1) is 0 Å². The molecule has 0 saturated heterocycles. The van der Waals surface area contributed by atoms with Crippen molar-refractivity contribution in [2.24, 2.45) is 0 Å². The van der Waals surface area contributed by atoms with Gasteiger partial charge in [-0.2, -0.15) is 13.2 Å². The van der Waals surface area contributed by atoms with Crippen LogP contribution < -0.4 is 0 Å². The van der Waals surface area contributed by atoms with Crippen molar-refractivity contribution in [3.63, 3.8) is 0 Å². The SMILES string of the molecule is FC(F)(F)c1ccc(-c2ccc3c(c2)c2ccccc2c2cc4c5cc(-c6ccccc6)ccc5n(-c5cc(-c6cccc7ccccc67)nc(-c6cccc7ccccc67)c5)c4cc32)cc1. The van der Waals surface area contributed by atoms with Gasteiger partial charge in [-0.05, 0) is 131 Å². The lowest BCUT2D eigenvalue weighted by molar-refractivity contribution is -0.137. The molecule has 0 radical (unpaired) electrons. The van der Waals surface area contributed by atoms with Crippen LogP contribution in [0.2, 0.25) is 0 Å². The van der Waals surface area contributed by atoms with Crippen LogP contribution in [-0.2, 0) is 6.18 Å². The highest BCUT2D eigenvalue weighted by molar-refractivity contribution is 6.29. The Morgan fingerprint density at radius 2 is 0.776 bits per heavy atom. The summed E-state index contributed by atoms with van der Waals surface area (Å²) < 4.78 is 43.1. The Balaban J connectivity index is 1.13. The standard InChI is InChI=1S/C62H37F3N2/c63-62(64,65)44-28-24-39(25-29-44)42-26-30-50-53(32-42)48-20-8-9-21-49(48)54-36-57-56-33-43(38-12-2-1-3-13-38)27-31-60(56)67(61(57)37-55(50)54)45-34-58(51-22-10-16-40-14-4-6-18-46(40)51)66-59(35-45)52-23-11-17-41-15-5-7-19-47(41)52/h1-37H. The van der Waals surface area contributed by atoms with E-state index in [1.807, 2.05) is 12.1 Å². The van der Waals surface area contributed by atoms with E-state index in [2.05, 4.69) is 193 Å². The fraction of sp³-hybridized carbons (Fsp3) is 0.0161. The maximum absolute atomic E-state index is 13.6. The van der Waals surface area contributed by atoms with Crippen LogP contribution in [0.4, 0.5) is 13.2 Å². The second-order valence-corrected chi connectivity index (χ2v) is 17.4. The molecule has 67 heavy (non-hydrogen) atoms. The fourth-order valence-corrected chi connectivity index (χ4v) is 10.4. The van der Waals surface area contributed by atoms with Gasteiger partial charge >= 0.3 is 6.18 Å². The smallest absolute Gasteiger partial charge is 0.309 e. The number of aromatic nitrogens is 2. The highest BCUT2D eigenvalue weighted by atomic mass is 19.4. The molecule has 11 aromatic carbocycles. The molecule has 0 saturated carbocycles. The van der Waals surface area contributed by atoms with Gasteiger partial charge in [-0.3, -0.25) is 0 Å². The van der Waals surface area contributed by atoms with Crippen LogP contribution in [0.5, 0.6) is 0 Å². The molecule has 316 valence electrons. The molecule has 0 bridgehead atoms. The van der Waals surface area contributed by atoms with E-state index < -0.39 is 11.7 Å². The summed E-state index contributed by atoms with van der Waals surface area (Å²) in [6.45, 7) is 0. The molecule has 0 spiro atoms. The molecule has 5 heteroatoms. The molecule has 0 atom stereocenters. The van der Waals surface area contributed by atoms with E-state index in [1.54, 1.807) is 12.1 Å². The van der Waals surface area contributed by atoms with Crippen LogP contribution in [0.15, 0.2) is 224 Å². The van der Waals surface area contributed by atoms with Crippen molar-refractivity contribution in [3.05, 3.63) is 230 Å². The van der Waals surface area contributed by atoms with Gasteiger partial charge in [-0.25, -0.2) is 4.98 Å². The number of fused-ring (bicyclic) bond motifs is 11. The summed E-state index contributed by atoms with van der Waals surface area (Å²) >= 11 is 0. The van der Waals surface area contributed by atoms with Crippen LogP contribution in [0.1, 0.15) is 5.56 Å². The number of pyridine rings is 1. The largest absolute Gasteiger partial charge is 0.416 e. The molecule has 0 aliphatic rings. The van der Waals surface area contributed by atoms with Crippen molar-refractivity contribution in [2.45, 2.75) is 6.18 Å². The topological polar surface area (TPSA) is 17.8 Å². The minimum atomic E-state index is -4.40. The lowest BCUT2D eigenvalue weighted by atomic mass is 9.91. The quantitative estimate of drug-likeness (QED) is 0.158. The van der Waals surface area contributed by atoms with E-state index in [9.17, 15) is 13.2 Å². The van der Waals surface area contributed by atoms with E-state index in [1.165, 1.54) is 0 Å². The van der Waals surface area contributed by atoms with Gasteiger partial charge in [0.2, 0.25) is 0 Å². The minimum absolute atomic E-state index is 0.661. The normalized spacial score (nSPS) is 12.1. The van der Waals surface area contributed by atoms with Crippen molar-refractivity contribution in [2.75, 3.05) is 0 Å². The Hall–Kier alpha value is -8.54. The monoisotopic (exact) mass is 866 g/mol. The first kappa shape index (κ1) is 38.9.